The molecule has 1 N–H and O–H groups in total. The van der Waals surface area contributed by atoms with E-state index in [0.29, 0.717) is 25.6 Å². The number of hydrogen-bond donors (Lipinski definition) is 1. The Hall–Kier alpha value is -2.69. The summed E-state index contributed by atoms with van der Waals surface area (Å²) in [6, 6.07) is 13.8. The van der Waals surface area contributed by atoms with Gasteiger partial charge >= 0.3 is 0 Å². The van der Waals surface area contributed by atoms with Crippen LogP contribution in [0.3, 0.4) is 0 Å². The maximum Gasteiger partial charge on any atom is 0.261 e. The summed E-state index contributed by atoms with van der Waals surface area (Å²) >= 11 is 0. The number of hydrogen-bond acceptors (Lipinski definition) is 4. The summed E-state index contributed by atoms with van der Waals surface area (Å²) in [6.07, 6.45) is 2.43. The zero-order chi connectivity index (χ0) is 17.5. The second kappa shape index (κ2) is 6.24. The van der Waals surface area contributed by atoms with Gasteiger partial charge in [0.05, 0.1) is 6.04 Å². The van der Waals surface area contributed by atoms with Gasteiger partial charge in [0.2, 0.25) is 0 Å². The predicted molar refractivity (Wildman–Crippen MR) is 95.6 cm³/mol. The highest BCUT2D eigenvalue weighted by Gasteiger charge is 2.37. The molecule has 5 rings (SSSR count). The van der Waals surface area contributed by atoms with E-state index in [2.05, 4.69) is 5.32 Å². The van der Waals surface area contributed by atoms with E-state index in [1.54, 1.807) is 0 Å². The van der Waals surface area contributed by atoms with Gasteiger partial charge in [-0.1, -0.05) is 24.3 Å². The number of rotatable bonds is 4. The van der Waals surface area contributed by atoms with Crippen molar-refractivity contribution in [1.82, 2.24) is 5.32 Å². The summed E-state index contributed by atoms with van der Waals surface area (Å²) in [6.45, 7) is 1.14. The average Bonchev–Trinajstić information content (AvgIpc) is 3.43. The van der Waals surface area contributed by atoms with Crippen molar-refractivity contribution >= 4 is 5.91 Å². The second-order valence-corrected chi connectivity index (χ2v) is 7.15. The lowest BCUT2D eigenvalue weighted by atomic mass is 10.0. The molecule has 26 heavy (non-hydrogen) atoms. The van der Waals surface area contributed by atoms with Crippen LogP contribution in [0.2, 0.25) is 0 Å². The van der Waals surface area contributed by atoms with Gasteiger partial charge in [-0.25, -0.2) is 0 Å². The molecule has 2 unspecified atom stereocenters. The van der Waals surface area contributed by atoms with E-state index in [4.69, 9.17) is 14.2 Å². The average molecular weight is 351 g/mol. The maximum absolute atomic E-state index is 12.8. The number of nitrogens with one attached hydrogen (secondary N) is 1. The van der Waals surface area contributed by atoms with Crippen LogP contribution in [-0.4, -0.2) is 25.2 Å². The summed E-state index contributed by atoms with van der Waals surface area (Å²) in [5, 5.41) is 3.22. The van der Waals surface area contributed by atoms with Crippen molar-refractivity contribution in [3.05, 3.63) is 53.6 Å². The summed E-state index contributed by atoms with van der Waals surface area (Å²) in [5.74, 6) is 2.78. The number of carbonyl (C=O) groups is 1. The Bertz CT molecular complexity index is 821. The fourth-order valence-electron chi connectivity index (χ4n) is 3.73. The fraction of sp³-hybridized carbons (Fsp3) is 0.381. The van der Waals surface area contributed by atoms with Gasteiger partial charge in [-0.05, 0) is 48.1 Å². The predicted octanol–water partition coefficient (Wildman–Crippen LogP) is 3.03. The first-order valence-corrected chi connectivity index (χ1v) is 9.22. The number of fused-ring (bicyclic) bond motifs is 2. The monoisotopic (exact) mass is 351 g/mol. The first-order chi connectivity index (χ1) is 12.8. The molecule has 1 fully saturated rings. The van der Waals surface area contributed by atoms with Gasteiger partial charge < -0.3 is 19.5 Å². The molecule has 5 heteroatoms. The molecular weight excluding hydrogens is 330 g/mol. The Kier molecular flexibility index (Phi) is 3.73. The molecule has 3 aliphatic rings. The zero-order valence-electron chi connectivity index (χ0n) is 14.4. The van der Waals surface area contributed by atoms with Gasteiger partial charge in [0.15, 0.2) is 17.6 Å². The molecule has 5 nitrogen and oxygen atoms in total. The summed E-state index contributed by atoms with van der Waals surface area (Å²) < 4.78 is 17.1. The van der Waals surface area contributed by atoms with Gasteiger partial charge in [0, 0.05) is 6.42 Å². The van der Waals surface area contributed by atoms with E-state index in [1.165, 1.54) is 0 Å². The third kappa shape index (κ3) is 2.87. The van der Waals surface area contributed by atoms with Crippen LogP contribution in [0.1, 0.15) is 30.0 Å². The van der Waals surface area contributed by atoms with Crippen LogP contribution in [0, 0.1) is 5.92 Å². The van der Waals surface area contributed by atoms with E-state index in [9.17, 15) is 4.79 Å². The molecule has 2 heterocycles. The third-order valence-electron chi connectivity index (χ3n) is 5.26. The minimum absolute atomic E-state index is 0.00867. The van der Waals surface area contributed by atoms with E-state index in [0.717, 1.165) is 41.2 Å². The van der Waals surface area contributed by atoms with Crippen LogP contribution in [-0.2, 0) is 11.2 Å². The lowest BCUT2D eigenvalue weighted by Crippen LogP contribution is -2.40. The van der Waals surface area contributed by atoms with Crippen molar-refractivity contribution in [3.8, 4) is 17.2 Å². The van der Waals surface area contributed by atoms with Gasteiger partial charge in [-0.3, -0.25) is 4.79 Å². The van der Waals surface area contributed by atoms with Gasteiger partial charge in [-0.2, -0.15) is 0 Å². The molecule has 0 radical (unpaired) electrons. The Morgan fingerprint density at radius 1 is 1.00 bits per heavy atom. The van der Waals surface area contributed by atoms with Crippen molar-refractivity contribution < 1.29 is 19.0 Å². The Labute approximate surface area is 152 Å². The van der Waals surface area contributed by atoms with Crippen molar-refractivity contribution in [2.24, 2.45) is 5.92 Å². The molecule has 2 atom stereocenters. The quantitative estimate of drug-likeness (QED) is 0.920. The topological polar surface area (TPSA) is 56.8 Å². The van der Waals surface area contributed by atoms with Crippen LogP contribution in [0.15, 0.2) is 42.5 Å². The summed E-state index contributed by atoms with van der Waals surface area (Å²) in [7, 11) is 0. The van der Waals surface area contributed by atoms with E-state index >= 15 is 0 Å². The van der Waals surface area contributed by atoms with Crippen LogP contribution in [0.25, 0.3) is 0 Å². The first kappa shape index (κ1) is 15.6. The number of carbonyl (C=O) groups excluding carboxylic acids is 1. The standard InChI is InChI=1S/C21H21NO4/c23-21(19-11-14-3-1-2-4-16(14)26-19)22-20(13-5-6-13)15-7-8-17-18(12-15)25-10-9-24-17/h1-4,7-8,12-13,19-20H,5-6,9-11H2,(H,22,23). The lowest BCUT2D eigenvalue weighted by Gasteiger charge is -2.24. The zero-order valence-corrected chi connectivity index (χ0v) is 14.4. The molecule has 2 aromatic rings. The first-order valence-electron chi connectivity index (χ1n) is 9.22. The largest absolute Gasteiger partial charge is 0.486 e. The Morgan fingerprint density at radius 3 is 2.62 bits per heavy atom. The minimum Gasteiger partial charge on any atom is -0.486 e. The van der Waals surface area contributed by atoms with Crippen molar-refractivity contribution in [2.75, 3.05) is 13.2 Å². The van der Waals surface area contributed by atoms with Crippen LogP contribution in [0.4, 0.5) is 0 Å². The van der Waals surface area contributed by atoms with Crippen molar-refractivity contribution in [2.45, 2.75) is 31.4 Å². The smallest absolute Gasteiger partial charge is 0.261 e. The normalized spacial score (nSPS) is 21.5. The van der Waals surface area contributed by atoms with E-state index < -0.39 is 6.10 Å². The molecule has 1 amide bonds. The van der Waals surface area contributed by atoms with Crippen LogP contribution in [0.5, 0.6) is 17.2 Å². The molecular formula is C21H21NO4. The molecule has 1 saturated carbocycles. The molecule has 0 spiro atoms. The number of benzene rings is 2. The highest BCUT2D eigenvalue weighted by Crippen LogP contribution is 2.43. The van der Waals surface area contributed by atoms with Crippen LogP contribution >= 0.6 is 0 Å². The molecule has 2 aliphatic heterocycles. The molecule has 134 valence electrons. The Balaban J connectivity index is 1.33. The Morgan fingerprint density at radius 2 is 1.81 bits per heavy atom. The lowest BCUT2D eigenvalue weighted by molar-refractivity contribution is -0.128. The van der Waals surface area contributed by atoms with E-state index in [-0.39, 0.29) is 11.9 Å². The van der Waals surface area contributed by atoms with Gasteiger partial charge in [0.25, 0.3) is 5.91 Å². The van der Waals surface area contributed by atoms with E-state index in [1.807, 2.05) is 42.5 Å². The molecule has 0 saturated heterocycles. The fourth-order valence-corrected chi connectivity index (χ4v) is 3.73. The van der Waals surface area contributed by atoms with Crippen LogP contribution < -0.4 is 19.5 Å². The highest BCUT2D eigenvalue weighted by molar-refractivity contribution is 5.83. The number of para-hydroxylation sites is 1. The van der Waals surface area contributed by atoms with Crippen molar-refractivity contribution in [1.29, 1.82) is 0 Å². The molecule has 0 aromatic heterocycles. The molecule has 1 aliphatic carbocycles. The van der Waals surface area contributed by atoms with Gasteiger partial charge in [-0.15, -0.1) is 0 Å². The summed E-state index contributed by atoms with van der Waals surface area (Å²) in [5.41, 5.74) is 2.16. The second-order valence-electron chi connectivity index (χ2n) is 7.15. The maximum atomic E-state index is 12.8. The highest BCUT2D eigenvalue weighted by atomic mass is 16.6. The number of ether oxygens (including phenoxy) is 3. The van der Waals surface area contributed by atoms with Crippen molar-refractivity contribution in [3.63, 3.8) is 0 Å². The molecule has 0 bridgehead atoms. The number of amides is 1. The van der Waals surface area contributed by atoms with Gasteiger partial charge in [0.1, 0.15) is 19.0 Å². The SMILES string of the molecule is O=C(NC(c1ccc2c(c1)OCCO2)C1CC1)C1Cc2ccccc2O1. The minimum atomic E-state index is -0.453. The summed E-state index contributed by atoms with van der Waals surface area (Å²) in [4.78, 5) is 12.8. The third-order valence-corrected chi connectivity index (χ3v) is 5.26. The molecule has 2 aromatic carbocycles.